The lowest BCUT2D eigenvalue weighted by Gasteiger charge is -2.33. The molecule has 9 heteroatoms. The highest BCUT2D eigenvalue weighted by atomic mass is 19.4. The number of likely N-dealkylation sites (tertiary alicyclic amines) is 1. The van der Waals surface area contributed by atoms with E-state index in [0.717, 1.165) is 25.0 Å². The van der Waals surface area contributed by atoms with Crippen molar-refractivity contribution in [2.75, 3.05) is 18.8 Å². The van der Waals surface area contributed by atoms with Gasteiger partial charge < -0.3 is 10.6 Å². The summed E-state index contributed by atoms with van der Waals surface area (Å²) in [5.41, 5.74) is 7.42. The molecule has 0 saturated carbocycles. The van der Waals surface area contributed by atoms with Crippen molar-refractivity contribution in [1.29, 1.82) is 0 Å². The van der Waals surface area contributed by atoms with Crippen molar-refractivity contribution >= 4 is 11.9 Å². The van der Waals surface area contributed by atoms with E-state index in [1.54, 1.807) is 23.2 Å². The largest absolute Gasteiger partial charge is 0.416 e. The van der Waals surface area contributed by atoms with Crippen LogP contribution in [0.1, 0.15) is 40.4 Å². The number of anilines is 1. The summed E-state index contributed by atoms with van der Waals surface area (Å²) in [7, 11) is 0. The number of pyridine rings is 1. The van der Waals surface area contributed by atoms with E-state index < -0.39 is 11.7 Å². The van der Waals surface area contributed by atoms with Crippen molar-refractivity contribution in [2.45, 2.75) is 24.9 Å². The lowest BCUT2D eigenvalue weighted by molar-refractivity contribution is -0.137. The van der Waals surface area contributed by atoms with Crippen molar-refractivity contribution < 1.29 is 18.0 Å². The molecule has 0 radical (unpaired) electrons. The molecule has 1 saturated heterocycles. The van der Waals surface area contributed by atoms with E-state index in [9.17, 15) is 18.0 Å². The molecule has 0 unspecified atom stereocenters. The molecule has 31 heavy (non-hydrogen) atoms. The zero-order chi connectivity index (χ0) is 22.0. The number of carbonyl (C=O) groups excluding carboxylic acids is 1. The minimum absolute atomic E-state index is 0.0846. The predicted molar refractivity (Wildman–Crippen MR) is 109 cm³/mol. The maximum Gasteiger partial charge on any atom is 0.416 e. The molecule has 3 heterocycles. The number of aromatic nitrogens is 3. The number of rotatable bonds is 3. The van der Waals surface area contributed by atoms with Gasteiger partial charge in [-0.05, 0) is 42.7 Å². The van der Waals surface area contributed by atoms with Gasteiger partial charge in [-0.25, -0.2) is 9.97 Å². The number of hydrogen-bond acceptors (Lipinski definition) is 5. The number of hydrogen-bond donors (Lipinski definition) is 1. The molecule has 3 aromatic rings. The number of benzene rings is 1. The van der Waals surface area contributed by atoms with Crippen LogP contribution in [0, 0.1) is 0 Å². The van der Waals surface area contributed by atoms with Crippen LogP contribution in [-0.4, -0.2) is 38.8 Å². The van der Waals surface area contributed by atoms with Gasteiger partial charge in [-0.15, -0.1) is 0 Å². The Morgan fingerprint density at radius 2 is 1.90 bits per heavy atom. The second-order valence-corrected chi connectivity index (χ2v) is 7.43. The van der Waals surface area contributed by atoms with Crippen LogP contribution in [0.3, 0.4) is 0 Å². The van der Waals surface area contributed by atoms with E-state index in [2.05, 4.69) is 15.0 Å². The molecule has 0 aliphatic carbocycles. The smallest absolute Gasteiger partial charge is 0.368 e. The van der Waals surface area contributed by atoms with Crippen molar-refractivity contribution in [3.63, 3.8) is 0 Å². The van der Waals surface area contributed by atoms with Crippen LogP contribution in [0.5, 0.6) is 0 Å². The first-order chi connectivity index (χ1) is 14.8. The molecular formula is C22H20F3N5O. The molecule has 1 aliphatic rings. The van der Waals surface area contributed by atoms with Crippen LogP contribution in [-0.2, 0) is 6.18 Å². The van der Waals surface area contributed by atoms with Crippen LogP contribution in [0.2, 0.25) is 0 Å². The van der Waals surface area contributed by atoms with Crippen LogP contribution < -0.4 is 5.73 Å². The summed E-state index contributed by atoms with van der Waals surface area (Å²) in [5.74, 6) is -0.144. The average Bonchev–Trinajstić information content (AvgIpc) is 2.79. The Hall–Kier alpha value is -3.49. The number of carbonyl (C=O) groups is 1. The summed E-state index contributed by atoms with van der Waals surface area (Å²) in [6, 6.07) is 8.31. The van der Waals surface area contributed by atoms with Crippen LogP contribution in [0.25, 0.3) is 11.1 Å². The predicted octanol–water partition coefficient (Wildman–Crippen LogP) is 4.16. The van der Waals surface area contributed by atoms with Gasteiger partial charge in [0.05, 0.1) is 16.8 Å². The Balaban J connectivity index is 1.63. The summed E-state index contributed by atoms with van der Waals surface area (Å²) < 4.78 is 38.8. The maximum atomic E-state index is 12.9. The van der Waals surface area contributed by atoms with E-state index in [4.69, 9.17) is 5.73 Å². The molecule has 4 rings (SSSR count). The van der Waals surface area contributed by atoms with Gasteiger partial charge in [-0.3, -0.25) is 9.78 Å². The number of nitrogens with two attached hydrogens (primary N) is 1. The zero-order valence-corrected chi connectivity index (χ0v) is 16.5. The average molecular weight is 427 g/mol. The van der Waals surface area contributed by atoms with Gasteiger partial charge in [-0.2, -0.15) is 13.2 Å². The van der Waals surface area contributed by atoms with E-state index >= 15 is 0 Å². The van der Waals surface area contributed by atoms with Gasteiger partial charge in [0.1, 0.15) is 0 Å². The fourth-order valence-corrected chi connectivity index (χ4v) is 3.84. The monoisotopic (exact) mass is 427 g/mol. The Labute approximate surface area is 177 Å². The lowest BCUT2D eigenvalue weighted by Crippen LogP contribution is -2.39. The molecular weight excluding hydrogens is 407 g/mol. The fraction of sp³-hybridized carbons (Fsp3) is 0.273. The third-order valence-corrected chi connectivity index (χ3v) is 5.36. The topological polar surface area (TPSA) is 85.0 Å². The maximum absolute atomic E-state index is 12.9. The standard InChI is InChI=1S/C22H20F3N5O/c23-22(24,25)17-7-5-14(6-8-17)18-12-28-21(26)29-19(18)16-4-2-10-30(13-16)20(31)15-3-1-9-27-11-15/h1,3,5-9,11-12,16H,2,4,10,13H2,(H2,26,28,29)/t16-/m1/s1. The SMILES string of the molecule is Nc1ncc(-c2ccc(C(F)(F)F)cc2)c([C@@H]2CCCN(C(=O)c3cccnc3)C2)n1. The van der Waals surface area contributed by atoms with Crippen molar-refractivity contribution in [1.82, 2.24) is 19.9 Å². The normalized spacial score (nSPS) is 16.9. The highest BCUT2D eigenvalue weighted by molar-refractivity contribution is 5.94. The highest BCUT2D eigenvalue weighted by Crippen LogP contribution is 2.35. The van der Waals surface area contributed by atoms with E-state index in [-0.39, 0.29) is 17.8 Å². The van der Waals surface area contributed by atoms with Gasteiger partial charge >= 0.3 is 6.18 Å². The summed E-state index contributed by atoms with van der Waals surface area (Å²) in [6.07, 6.45) is 1.81. The van der Waals surface area contributed by atoms with Gasteiger partial charge in [-0.1, -0.05) is 12.1 Å². The highest BCUT2D eigenvalue weighted by Gasteiger charge is 2.31. The Morgan fingerprint density at radius 3 is 2.58 bits per heavy atom. The molecule has 0 bridgehead atoms. The third kappa shape index (κ3) is 4.50. The Morgan fingerprint density at radius 1 is 1.13 bits per heavy atom. The van der Waals surface area contributed by atoms with Crippen LogP contribution >= 0.6 is 0 Å². The van der Waals surface area contributed by atoms with Crippen LogP contribution in [0.4, 0.5) is 19.1 Å². The van der Waals surface area contributed by atoms with Crippen molar-refractivity contribution in [2.24, 2.45) is 0 Å². The summed E-state index contributed by atoms with van der Waals surface area (Å²) >= 11 is 0. The van der Waals surface area contributed by atoms with Gasteiger partial charge in [0.2, 0.25) is 5.95 Å². The Bertz CT molecular complexity index is 1070. The quantitative estimate of drug-likeness (QED) is 0.679. The molecule has 0 spiro atoms. The number of piperidine rings is 1. The second kappa shape index (κ2) is 8.33. The molecule has 160 valence electrons. The van der Waals surface area contributed by atoms with E-state index in [1.165, 1.54) is 24.5 Å². The van der Waals surface area contributed by atoms with E-state index in [0.29, 0.717) is 35.5 Å². The zero-order valence-electron chi connectivity index (χ0n) is 16.5. The molecule has 2 aromatic heterocycles. The first kappa shape index (κ1) is 20.8. The fourth-order valence-electron chi connectivity index (χ4n) is 3.84. The number of halogens is 3. The number of nitrogen functional groups attached to an aromatic ring is 1. The molecule has 1 fully saturated rings. The number of alkyl halides is 3. The first-order valence-electron chi connectivity index (χ1n) is 9.82. The van der Waals surface area contributed by atoms with Gasteiger partial charge in [0.15, 0.2) is 0 Å². The molecule has 6 nitrogen and oxygen atoms in total. The third-order valence-electron chi connectivity index (χ3n) is 5.36. The molecule has 1 aliphatic heterocycles. The van der Waals surface area contributed by atoms with E-state index in [1.807, 2.05) is 0 Å². The summed E-state index contributed by atoms with van der Waals surface area (Å²) in [5, 5.41) is 0. The number of nitrogens with zero attached hydrogens (tertiary/aromatic N) is 4. The van der Waals surface area contributed by atoms with Gasteiger partial charge in [0.25, 0.3) is 5.91 Å². The lowest BCUT2D eigenvalue weighted by atomic mass is 9.89. The van der Waals surface area contributed by atoms with Crippen molar-refractivity contribution in [3.8, 4) is 11.1 Å². The minimum Gasteiger partial charge on any atom is -0.368 e. The molecule has 1 atom stereocenters. The Kier molecular flexibility index (Phi) is 5.58. The second-order valence-electron chi connectivity index (χ2n) is 7.43. The van der Waals surface area contributed by atoms with Crippen LogP contribution in [0.15, 0.2) is 55.0 Å². The summed E-state index contributed by atoms with van der Waals surface area (Å²) in [4.78, 5) is 27.0. The molecule has 1 amide bonds. The number of amides is 1. The van der Waals surface area contributed by atoms with Gasteiger partial charge in [0, 0.05) is 43.2 Å². The minimum atomic E-state index is -4.41. The molecule has 1 aromatic carbocycles. The summed E-state index contributed by atoms with van der Waals surface area (Å²) in [6.45, 7) is 1.04. The first-order valence-corrected chi connectivity index (χ1v) is 9.82. The molecule has 2 N–H and O–H groups in total. The van der Waals surface area contributed by atoms with Crippen molar-refractivity contribution in [3.05, 3.63) is 71.8 Å².